The average Bonchev–Trinajstić information content (AvgIpc) is 2.87. The van der Waals surface area contributed by atoms with Crippen LogP contribution in [0.5, 0.6) is 0 Å². The number of anilines is 1. The minimum absolute atomic E-state index is 0.160. The van der Waals surface area contributed by atoms with Crippen molar-refractivity contribution < 1.29 is 24.0 Å². The second-order valence-corrected chi connectivity index (χ2v) is 7.38. The lowest BCUT2D eigenvalue weighted by molar-refractivity contribution is -0.914. The predicted molar refractivity (Wildman–Crippen MR) is 100 cm³/mol. The molecule has 7 heteroatoms. The average molecular weight is 374 g/mol. The van der Waals surface area contributed by atoms with Crippen LogP contribution in [-0.2, 0) is 14.3 Å². The molecule has 7 nitrogen and oxygen atoms in total. The number of imide groups is 1. The van der Waals surface area contributed by atoms with E-state index < -0.39 is 6.04 Å². The summed E-state index contributed by atoms with van der Waals surface area (Å²) in [4.78, 5) is 41.6. The minimum atomic E-state index is -0.523. The normalized spacial score (nSPS) is 25.8. The summed E-state index contributed by atoms with van der Waals surface area (Å²) >= 11 is 0. The third-order valence-electron chi connectivity index (χ3n) is 5.38. The van der Waals surface area contributed by atoms with Crippen LogP contribution in [-0.4, -0.2) is 55.2 Å². The first-order valence-corrected chi connectivity index (χ1v) is 9.63. The van der Waals surface area contributed by atoms with E-state index in [1.807, 2.05) is 31.2 Å². The van der Waals surface area contributed by atoms with E-state index in [9.17, 15) is 14.4 Å². The molecule has 0 bridgehead atoms. The van der Waals surface area contributed by atoms with Gasteiger partial charge in [-0.1, -0.05) is 17.7 Å². The van der Waals surface area contributed by atoms with Crippen molar-refractivity contribution in [2.45, 2.75) is 39.7 Å². The summed E-state index contributed by atoms with van der Waals surface area (Å²) in [6, 6.07) is 6.79. The van der Waals surface area contributed by atoms with Crippen molar-refractivity contribution in [2.24, 2.45) is 5.92 Å². The van der Waals surface area contributed by atoms with E-state index in [0.717, 1.165) is 35.5 Å². The molecular weight excluding hydrogens is 346 g/mol. The van der Waals surface area contributed by atoms with Crippen LogP contribution in [0, 0.1) is 12.8 Å². The van der Waals surface area contributed by atoms with Gasteiger partial charge in [-0.05, 0) is 45.7 Å². The molecule has 2 aliphatic heterocycles. The molecule has 2 heterocycles. The molecule has 3 rings (SSSR count). The highest BCUT2D eigenvalue weighted by Crippen LogP contribution is 2.25. The maximum Gasteiger partial charge on any atom is 0.336 e. The molecule has 146 valence electrons. The van der Waals surface area contributed by atoms with Crippen LogP contribution in [0.1, 0.15) is 32.3 Å². The van der Waals surface area contributed by atoms with E-state index in [1.54, 1.807) is 18.7 Å². The van der Waals surface area contributed by atoms with Crippen LogP contribution in [0.25, 0.3) is 0 Å². The van der Waals surface area contributed by atoms with Crippen LogP contribution in [0.15, 0.2) is 24.3 Å². The maximum absolute atomic E-state index is 12.9. The zero-order valence-electron chi connectivity index (χ0n) is 16.2. The van der Waals surface area contributed by atoms with Crippen molar-refractivity contribution in [3.8, 4) is 0 Å². The molecule has 0 aromatic heterocycles. The third kappa shape index (κ3) is 3.98. The molecule has 0 spiro atoms. The zero-order valence-corrected chi connectivity index (χ0v) is 16.2. The van der Waals surface area contributed by atoms with Gasteiger partial charge in [-0.25, -0.2) is 9.69 Å². The molecule has 27 heavy (non-hydrogen) atoms. The number of nitrogens with one attached hydrogen (secondary N) is 1. The fraction of sp³-hybridized carbons (Fsp3) is 0.550. The minimum Gasteiger partial charge on any atom is -0.466 e. The van der Waals surface area contributed by atoms with Crippen LogP contribution >= 0.6 is 0 Å². The van der Waals surface area contributed by atoms with E-state index >= 15 is 0 Å². The Kier molecular flexibility index (Phi) is 5.79. The van der Waals surface area contributed by atoms with E-state index in [1.165, 1.54) is 4.90 Å². The topological polar surface area (TPSA) is 71.4 Å². The maximum atomic E-state index is 12.9. The van der Waals surface area contributed by atoms with E-state index in [2.05, 4.69) is 0 Å². The second kappa shape index (κ2) is 8.08. The van der Waals surface area contributed by atoms with Gasteiger partial charge in [0.15, 0.2) is 6.67 Å². The number of hydrogen-bond donors (Lipinski definition) is 1. The van der Waals surface area contributed by atoms with Gasteiger partial charge in [0.25, 0.3) is 5.91 Å². The number of benzene rings is 1. The van der Waals surface area contributed by atoms with Gasteiger partial charge in [0.05, 0.1) is 19.7 Å². The number of carbonyl (C=O) groups excluding carboxylic acids is 3. The Bertz CT molecular complexity index is 718. The van der Waals surface area contributed by atoms with Crippen molar-refractivity contribution in [1.29, 1.82) is 0 Å². The fourth-order valence-corrected chi connectivity index (χ4v) is 3.89. The van der Waals surface area contributed by atoms with Gasteiger partial charge >= 0.3 is 12.0 Å². The highest BCUT2D eigenvalue weighted by molar-refractivity contribution is 6.13. The first kappa shape index (κ1) is 19.4. The summed E-state index contributed by atoms with van der Waals surface area (Å²) in [6.45, 7) is 7.63. The van der Waals surface area contributed by atoms with Gasteiger partial charge in [-0.2, -0.15) is 0 Å². The number of rotatable bonds is 5. The van der Waals surface area contributed by atoms with Gasteiger partial charge in [0.2, 0.25) is 0 Å². The number of amides is 3. The summed E-state index contributed by atoms with van der Waals surface area (Å²) in [5.74, 6) is -0.526. The molecule has 2 fully saturated rings. The standard InChI is InChI=1S/C20H27N3O4/c1-4-27-19(25)16-6-5-11-21(12-16)13-22-18(24)15(3)23(20(22)26)17-9-7-14(2)8-10-17/h7-10,15-16H,4-6,11-13H2,1-3H3/p+1/t15-,16+/m0/s1. The molecule has 3 atom stereocenters. The Morgan fingerprint density at radius 2 is 1.96 bits per heavy atom. The Morgan fingerprint density at radius 1 is 1.26 bits per heavy atom. The Balaban J connectivity index is 1.69. The summed E-state index contributed by atoms with van der Waals surface area (Å²) < 4.78 is 5.14. The van der Waals surface area contributed by atoms with Gasteiger partial charge in [0.1, 0.15) is 12.0 Å². The zero-order chi connectivity index (χ0) is 19.6. The molecule has 2 saturated heterocycles. The first-order chi connectivity index (χ1) is 12.9. The summed E-state index contributed by atoms with van der Waals surface area (Å²) in [6.07, 6.45) is 1.68. The lowest BCUT2D eigenvalue weighted by atomic mass is 9.98. The third-order valence-corrected chi connectivity index (χ3v) is 5.38. The van der Waals surface area contributed by atoms with Crippen LogP contribution in [0.2, 0.25) is 0 Å². The SMILES string of the molecule is CCOC(=O)[C@@H]1CCC[NH+](CN2C(=O)[C@H](C)N(c3ccc(C)cc3)C2=O)C1. The van der Waals surface area contributed by atoms with Crippen molar-refractivity contribution in [1.82, 2.24) is 4.90 Å². The molecule has 2 aliphatic rings. The fourth-order valence-electron chi connectivity index (χ4n) is 3.89. The number of aryl methyl sites for hydroxylation is 1. The van der Waals surface area contributed by atoms with Gasteiger partial charge in [0, 0.05) is 5.69 Å². The lowest BCUT2D eigenvalue weighted by Gasteiger charge is -2.30. The lowest BCUT2D eigenvalue weighted by Crippen LogP contribution is -3.15. The molecule has 0 aliphatic carbocycles. The van der Waals surface area contributed by atoms with Crippen molar-refractivity contribution in [2.75, 3.05) is 31.3 Å². The Labute approximate surface area is 159 Å². The monoisotopic (exact) mass is 374 g/mol. The highest BCUT2D eigenvalue weighted by Gasteiger charge is 2.45. The highest BCUT2D eigenvalue weighted by atomic mass is 16.5. The number of quaternary nitrogens is 1. The first-order valence-electron chi connectivity index (χ1n) is 9.63. The van der Waals surface area contributed by atoms with E-state index in [-0.39, 0.29) is 23.8 Å². The predicted octanol–water partition coefficient (Wildman–Crippen LogP) is 0.968. The molecule has 0 radical (unpaired) electrons. The van der Waals surface area contributed by atoms with Crippen LogP contribution in [0.4, 0.5) is 10.5 Å². The van der Waals surface area contributed by atoms with Crippen LogP contribution in [0.3, 0.4) is 0 Å². The molecule has 1 aromatic carbocycles. The molecule has 1 aromatic rings. The number of hydrogen-bond acceptors (Lipinski definition) is 4. The number of carbonyl (C=O) groups is 3. The molecular formula is C20H28N3O4+. The number of urea groups is 1. The van der Waals surface area contributed by atoms with Gasteiger partial charge < -0.3 is 9.64 Å². The van der Waals surface area contributed by atoms with E-state index in [4.69, 9.17) is 4.74 Å². The van der Waals surface area contributed by atoms with Crippen LogP contribution < -0.4 is 9.80 Å². The second-order valence-electron chi connectivity index (χ2n) is 7.38. The molecule has 3 amide bonds. The number of piperidine rings is 1. The molecule has 0 saturated carbocycles. The van der Waals surface area contributed by atoms with Crippen molar-refractivity contribution in [3.05, 3.63) is 29.8 Å². The summed E-state index contributed by atoms with van der Waals surface area (Å²) in [5.41, 5.74) is 1.83. The number of nitrogens with zero attached hydrogens (tertiary/aromatic N) is 2. The van der Waals surface area contributed by atoms with Crippen molar-refractivity contribution >= 4 is 23.6 Å². The van der Waals surface area contributed by atoms with E-state index in [0.29, 0.717) is 19.8 Å². The smallest absolute Gasteiger partial charge is 0.336 e. The van der Waals surface area contributed by atoms with Gasteiger partial charge in [-0.15, -0.1) is 0 Å². The number of esters is 1. The number of ether oxygens (including phenoxy) is 1. The summed E-state index contributed by atoms with van der Waals surface area (Å²) in [7, 11) is 0. The molecule has 1 N–H and O–H groups in total. The Morgan fingerprint density at radius 3 is 2.63 bits per heavy atom. The summed E-state index contributed by atoms with van der Waals surface area (Å²) in [5, 5.41) is 0. The van der Waals surface area contributed by atoms with Crippen molar-refractivity contribution in [3.63, 3.8) is 0 Å². The quantitative estimate of drug-likeness (QED) is 0.616. The molecule has 1 unspecified atom stereocenters. The number of likely N-dealkylation sites (tertiary alicyclic amines) is 1. The Hall–Kier alpha value is -2.41. The van der Waals surface area contributed by atoms with Gasteiger partial charge in [-0.3, -0.25) is 14.5 Å². The largest absolute Gasteiger partial charge is 0.466 e.